The first-order valence-corrected chi connectivity index (χ1v) is 18.0. The summed E-state index contributed by atoms with van der Waals surface area (Å²) in [7, 11) is -4.14. The van der Waals surface area contributed by atoms with Crippen molar-refractivity contribution >= 4 is 55.7 Å². The number of ether oxygens (including phenoxy) is 1. The standard InChI is InChI=1S/C35H34Cl2N6O4S/c1-24-21-30(42-16-14-38-23-42)26-9-5-11-31(34(26)39-24)47-22-27-28(36)12-13-32(33(27)37)48(45,46)43-15-6-10-29(43)35(44)41-19-17-40(18-20-41)25-7-3-2-4-8-25/h2-5,7-9,11-14,16,21,23,29H,6,10,15,17-20,22H2,1H3/t29-/m0/s1. The lowest BCUT2D eigenvalue weighted by molar-refractivity contribution is -0.134. The van der Waals surface area contributed by atoms with Crippen molar-refractivity contribution in [3.8, 4) is 11.4 Å². The van der Waals surface area contributed by atoms with E-state index in [1.807, 2.05) is 54.1 Å². The molecule has 0 bridgehead atoms. The van der Waals surface area contributed by atoms with Crippen LogP contribution in [0, 0.1) is 6.92 Å². The van der Waals surface area contributed by atoms with Crippen LogP contribution in [-0.4, -0.2) is 76.8 Å². The maximum Gasteiger partial charge on any atom is 0.245 e. The third-order valence-electron chi connectivity index (χ3n) is 9.00. The zero-order chi connectivity index (χ0) is 33.4. The van der Waals surface area contributed by atoms with Gasteiger partial charge in [0, 0.05) is 72.5 Å². The minimum absolute atomic E-state index is 0.0273. The number of amides is 1. The number of sulfonamides is 1. The molecular formula is C35H34Cl2N6O4S. The van der Waals surface area contributed by atoms with E-state index in [2.05, 4.69) is 22.0 Å². The van der Waals surface area contributed by atoms with Gasteiger partial charge in [0.05, 0.1) is 17.0 Å². The maximum absolute atomic E-state index is 14.2. The minimum atomic E-state index is -4.14. The second kappa shape index (κ2) is 13.4. The Bertz CT molecular complexity index is 2070. The van der Waals surface area contributed by atoms with Crippen LogP contribution in [0.15, 0.2) is 90.3 Å². The number of piperazine rings is 1. The van der Waals surface area contributed by atoms with Gasteiger partial charge in [0.2, 0.25) is 15.9 Å². The molecule has 0 spiro atoms. The monoisotopic (exact) mass is 704 g/mol. The van der Waals surface area contributed by atoms with Crippen LogP contribution in [0.1, 0.15) is 24.1 Å². The van der Waals surface area contributed by atoms with Crippen LogP contribution >= 0.6 is 23.2 Å². The summed E-state index contributed by atoms with van der Waals surface area (Å²) in [6.45, 7) is 4.44. The van der Waals surface area contributed by atoms with Crippen molar-refractivity contribution in [2.24, 2.45) is 0 Å². The Morgan fingerprint density at radius 2 is 1.77 bits per heavy atom. The summed E-state index contributed by atoms with van der Waals surface area (Å²) >= 11 is 13.4. The number of hydrogen-bond acceptors (Lipinski definition) is 7. The van der Waals surface area contributed by atoms with Gasteiger partial charge in [-0.2, -0.15) is 4.31 Å². The van der Waals surface area contributed by atoms with E-state index in [0.717, 1.165) is 22.5 Å². The van der Waals surface area contributed by atoms with Gasteiger partial charge in [-0.15, -0.1) is 0 Å². The molecule has 3 aromatic carbocycles. The highest BCUT2D eigenvalue weighted by Crippen LogP contribution is 2.37. The minimum Gasteiger partial charge on any atom is -0.487 e. The van der Waals surface area contributed by atoms with Crippen LogP contribution < -0.4 is 9.64 Å². The number of pyridine rings is 1. The lowest BCUT2D eigenvalue weighted by Crippen LogP contribution is -2.54. The zero-order valence-corrected chi connectivity index (χ0v) is 28.6. The molecule has 1 amide bonds. The molecule has 2 saturated heterocycles. The molecule has 4 heterocycles. The lowest BCUT2D eigenvalue weighted by atomic mass is 10.1. The molecule has 10 nitrogen and oxygen atoms in total. The fourth-order valence-electron chi connectivity index (χ4n) is 6.55. The Balaban J connectivity index is 1.11. The summed E-state index contributed by atoms with van der Waals surface area (Å²) in [4.78, 5) is 26.5. The van der Waals surface area contributed by atoms with Crippen LogP contribution in [-0.2, 0) is 21.4 Å². The van der Waals surface area contributed by atoms with Gasteiger partial charge in [-0.05, 0) is 56.2 Å². The lowest BCUT2D eigenvalue weighted by Gasteiger charge is -2.38. The first-order chi connectivity index (χ1) is 23.2. The van der Waals surface area contributed by atoms with E-state index in [4.69, 9.17) is 32.9 Å². The van der Waals surface area contributed by atoms with E-state index in [1.54, 1.807) is 23.5 Å². The number of nitrogens with zero attached hydrogens (tertiary/aromatic N) is 6. The fourth-order valence-corrected chi connectivity index (χ4v) is 9.07. The van der Waals surface area contributed by atoms with Gasteiger partial charge in [-0.1, -0.05) is 53.5 Å². The highest BCUT2D eigenvalue weighted by atomic mass is 35.5. The molecular weight excluding hydrogens is 671 g/mol. The van der Waals surface area contributed by atoms with Crippen molar-refractivity contribution in [3.05, 3.63) is 107 Å². The first-order valence-electron chi connectivity index (χ1n) is 15.8. The molecule has 48 heavy (non-hydrogen) atoms. The molecule has 0 aliphatic carbocycles. The summed E-state index contributed by atoms with van der Waals surface area (Å²) in [6, 6.07) is 19.8. The number of carbonyl (C=O) groups is 1. The van der Waals surface area contributed by atoms with Crippen molar-refractivity contribution in [1.82, 2.24) is 23.7 Å². The molecule has 5 aromatic rings. The Morgan fingerprint density at radius 1 is 0.979 bits per heavy atom. The third kappa shape index (κ3) is 6.11. The van der Waals surface area contributed by atoms with Gasteiger partial charge in [-0.3, -0.25) is 4.79 Å². The molecule has 13 heteroatoms. The number of carbonyl (C=O) groups excluding carboxylic acids is 1. The number of aromatic nitrogens is 3. The third-order valence-corrected chi connectivity index (χ3v) is 11.9. The number of anilines is 1. The summed E-state index contributed by atoms with van der Waals surface area (Å²) in [5.74, 6) is 0.321. The number of benzene rings is 3. The normalized spacial score (nSPS) is 17.3. The van der Waals surface area contributed by atoms with Crippen LogP contribution in [0.25, 0.3) is 16.6 Å². The molecule has 1 atom stereocenters. The quantitative estimate of drug-likeness (QED) is 0.192. The van der Waals surface area contributed by atoms with Gasteiger partial charge >= 0.3 is 0 Å². The van der Waals surface area contributed by atoms with Crippen molar-refractivity contribution in [3.63, 3.8) is 0 Å². The number of rotatable bonds is 8. The zero-order valence-electron chi connectivity index (χ0n) is 26.3. The van der Waals surface area contributed by atoms with E-state index < -0.39 is 16.1 Å². The Morgan fingerprint density at radius 3 is 2.52 bits per heavy atom. The number of imidazole rings is 1. The van der Waals surface area contributed by atoms with Crippen LogP contribution in [0.3, 0.4) is 0 Å². The molecule has 2 aliphatic rings. The van der Waals surface area contributed by atoms with Gasteiger partial charge in [0.15, 0.2) is 0 Å². The predicted molar refractivity (Wildman–Crippen MR) is 187 cm³/mol. The smallest absolute Gasteiger partial charge is 0.245 e. The summed E-state index contributed by atoms with van der Waals surface area (Å²) in [5, 5.41) is 1.10. The fraction of sp³-hybridized carbons (Fsp3) is 0.286. The van der Waals surface area contributed by atoms with Crippen molar-refractivity contribution in [1.29, 1.82) is 0 Å². The summed E-state index contributed by atoms with van der Waals surface area (Å²) in [5.41, 5.74) is 3.77. The van der Waals surface area contributed by atoms with Gasteiger partial charge in [-0.25, -0.2) is 18.4 Å². The summed E-state index contributed by atoms with van der Waals surface area (Å²) in [6.07, 6.45) is 6.32. The van der Waals surface area contributed by atoms with Crippen LogP contribution in [0.5, 0.6) is 5.75 Å². The average Bonchev–Trinajstić information content (AvgIpc) is 3.82. The Labute approximate surface area is 289 Å². The highest BCUT2D eigenvalue weighted by Gasteiger charge is 2.42. The van der Waals surface area contributed by atoms with Crippen LogP contribution in [0.2, 0.25) is 10.0 Å². The molecule has 2 aromatic heterocycles. The van der Waals surface area contributed by atoms with E-state index in [-0.39, 0.29) is 34.0 Å². The van der Waals surface area contributed by atoms with Crippen LogP contribution in [0.4, 0.5) is 5.69 Å². The van der Waals surface area contributed by atoms with E-state index in [1.165, 1.54) is 16.4 Å². The predicted octanol–water partition coefficient (Wildman–Crippen LogP) is 6.12. The second-order valence-corrected chi connectivity index (χ2v) is 14.6. The summed E-state index contributed by atoms with van der Waals surface area (Å²) < 4.78 is 37.7. The number of fused-ring (bicyclic) bond motifs is 1. The molecule has 2 fully saturated rings. The molecule has 0 radical (unpaired) electrons. The Hall–Kier alpha value is -4.16. The molecule has 2 aliphatic heterocycles. The van der Waals surface area contributed by atoms with Crippen molar-refractivity contribution in [2.75, 3.05) is 37.6 Å². The maximum atomic E-state index is 14.2. The van der Waals surface area contributed by atoms with Gasteiger partial charge in [0.1, 0.15) is 28.8 Å². The number of para-hydroxylation sites is 2. The SMILES string of the molecule is Cc1cc(-n2ccnc2)c2cccc(OCc3c(Cl)ccc(S(=O)(=O)N4CCC[C@H]4C(=O)N4CCN(c5ccccc5)CC4)c3Cl)c2n1. The topological polar surface area (TPSA) is 101 Å². The number of hydrogen-bond donors (Lipinski definition) is 0. The van der Waals surface area contributed by atoms with Crippen molar-refractivity contribution in [2.45, 2.75) is 37.3 Å². The van der Waals surface area contributed by atoms with E-state index in [0.29, 0.717) is 55.9 Å². The number of halogens is 2. The van der Waals surface area contributed by atoms with Gasteiger partial charge < -0.3 is 19.1 Å². The average molecular weight is 706 g/mol. The molecule has 0 unspecified atom stereocenters. The first kappa shape index (κ1) is 32.4. The van der Waals surface area contributed by atoms with E-state index >= 15 is 0 Å². The Kier molecular flexibility index (Phi) is 9.04. The highest BCUT2D eigenvalue weighted by molar-refractivity contribution is 7.89. The van der Waals surface area contributed by atoms with Gasteiger partial charge in [0.25, 0.3) is 0 Å². The molecule has 248 valence electrons. The van der Waals surface area contributed by atoms with Crippen molar-refractivity contribution < 1.29 is 17.9 Å². The number of aryl methyl sites for hydroxylation is 1. The molecule has 0 N–H and O–H groups in total. The largest absolute Gasteiger partial charge is 0.487 e. The molecule has 0 saturated carbocycles. The second-order valence-electron chi connectivity index (χ2n) is 12.0. The molecule has 7 rings (SSSR count). The van der Waals surface area contributed by atoms with E-state index in [9.17, 15) is 13.2 Å².